The van der Waals surface area contributed by atoms with Crippen molar-refractivity contribution in [3.8, 4) is 0 Å². The Bertz CT molecular complexity index is 757. The van der Waals surface area contributed by atoms with Crippen molar-refractivity contribution in [3.63, 3.8) is 0 Å². The number of hydrogen-bond donors (Lipinski definition) is 0. The summed E-state index contributed by atoms with van der Waals surface area (Å²) in [5, 5.41) is 0. The van der Waals surface area contributed by atoms with E-state index in [0.29, 0.717) is 11.8 Å². The van der Waals surface area contributed by atoms with Crippen molar-refractivity contribution >= 4 is 17.7 Å². The third-order valence-electron chi connectivity index (χ3n) is 5.08. The molecule has 0 radical (unpaired) electrons. The van der Waals surface area contributed by atoms with Gasteiger partial charge in [-0.05, 0) is 67.5 Å². The number of rotatable bonds is 5. The number of benzene rings is 2. The van der Waals surface area contributed by atoms with Gasteiger partial charge in [-0.15, -0.1) is 11.8 Å². The molecule has 4 heteroatoms. The highest BCUT2D eigenvalue weighted by atomic mass is 32.2. The van der Waals surface area contributed by atoms with Crippen LogP contribution in [0.15, 0.2) is 53.4 Å². The van der Waals surface area contributed by atoms with Gasteiger partial charge in [-0.3, -0.25) is 4.79 Å². The lowest BCUT2D eigenvalue weighted by molar-refractivity contribution is -0.131. The summed E-state index contributed by atoms with van der Waals surface area (Å²) in [6.07, 6.45) is 5.55. The summed E-state index contributed by atoms with van der Waals surface area (Å²) in [6.45, 7) is 0. The summed E-state index contributed by atoms with van der Waals surface area (Å²) in [5.74, 6) is 0.383. The van der Waals surface area contributed by atoms with Gasteiger partial charge in [0.25, 0.3) is 0 Å². The van der Waals surface area contributed by atoms with Crippen LogP contribution < -0.4 is 0 Å². The molecule has 130 valence electrons. The first-order chi connectivity index (χ1) is 12.2. The molecule has 1 saturated carbocycles. The van der Waals surface area contributed by atoms with E-state index < -0.39 is 0 Å². The standard InChI is InChI=1S/C21H22FNOS/c22-16-8-12-18(13-9-16)25-14-21(24)23(17-10-11-17)20-7-3-5-15-4-1-2-6-19(15)20/h1-2,4,6,8-9,12-13,17,20H,3,5,7,10-11,14H2/t20-/m1/s1. The van der Waals surface area contributed by atoms with Crippen LogP contribution in [-0.2, 0) is 11.2 Å². The fourth-order valence-corrected chi connectivity index (χ4v) is 4.52. The van der Waals surface area contributed by atoms with E-state index >= 15 is 0 Å². The second kappa shape index (κ2) is 7.20. The summed E-state index contributed by atoms with van der Waals surface area (Å²) in [4.78, 5) is 16.1. The first-order valence-corrected chi connectivity index (χ1v) is 9.98. The number of thioether (sulfide) groups is 1. The minimum atomic E-state index is -0.242. The number of carbonyl (C=O) groups excluding carboxylic acids is 1. The highest BCUT2D eigenvalue weighted by Gasteiger charge is 2.39. The normalized spacial score (nSPS) is 19.3. The Labute approximate surface area is 152 Å². The molecule has 0 aromatic heterocycles. The van der Waals surface area contributed by atoms with E-state index in [0.717, 1.165) is 37.0 Å². The van der Waals surface area contributed by atoms with Crippen molar-refractivity contribution in [1.82, 2.24) is 4.90 Å². The van der Waals surface area contributed by atoms with Crippen LogP contribution >= 0.6 is 11.8 Å². The smallest absolute Gasteiger partial charge is 0.233 e. The molecule has 2 nitrogen and oxygen atoms in total. The number of amides is 1. The summed E-state index contributed by atoms with van der Waals surface area (Å²) in [6, 6.07) is 15.6. The Balaban J connectivity index is 1.50. The average Bonchev–Trinajstić information content (AvgIpc) is 3.47. The van der Waals surface area contributed by atoms with E-state index in [9.17, 15) is 9.18 Å². The number of fused-ring (bicyclic) bond motifs is 1. The zero-order valence-electron chi connectivity index (χ0n) is 14.2. The van der Waals surface area contributed by atoms with E-state index in [1.54, 1.807) is 12.1 Å². The lowest BCUT2D eigenvalue weighted by Crippen LogP contribution is -2.39. The maximum absolute atomic E-state index is 13.0. The summed E-state index contributed by atoms with van der Waals surface area (Å²) in [5.41, 5.74) is 2.73. The monoisotopic (exact) mass is 355 g/mol. The van der Waals surface area contributed by atoms with Crippen LogP contribution in [0.5, 0.6) is 0 Å². The van der Waals surface area contributed by atoms with Crippen molar-refractivity contribution < 1.29 is 9.18 Å². The van der Waals surface area contributed by atoms with Crippen LogP contribution in [0, 0.1) is 5.82 Å². The minimum absolute atomic E-state index is 0.207. The molecule has 0 saturated heterocycles. The highest BCUT2D eigenvalue weighted by molar-refractivity contribution is 8.00. The molecule has 25 heavy (non-hydrogen) atoms. The maximum atomic E-state index is 13.0. The van der Waals surface area contributed by atoms with Crippen LogP contribution in [-0.4, -0.2) is 22.6 Å². The molecule has 0 bridgehead atoms. The predicted octanol–water partition coefficient (Wildman–Crippen LogP) is 4.99. The van der Waals surface area contributed by atoms with E-state index in [4.69, 9.17) is 0 Å². The molecule has 2 aliphatic carbocycles. The van der Waals surface area contributed by atoms with Crippen LogP contribution in [0.1, 0.15) is 42.9 Å². The van der Waals surface area contributed by atoms with Gasteiger partial charge in [-0.1, -0.05) is 24.3 Å². The lowest BCUT2D eigenvalue weighted by Gasteiger charge is -2.36. The van der Waals surface area contributed by atoms with Gasteiger partial charge in [0.15, 0.2) is 0 Å². The molecule has 1 fully saturated rings. The largest absolute Gasteiger partial charge is 0.332 e. The molecule has 0 spiro atoms. The second-order valence-corrected chi connectivity index (χ2v) is 7.93. The molecule has 2 aliphatic rings. The van der Waals surface area contributed by atoms with Gasteiger partial charge < -0.3 is 4.90 Å². The molecule has 1 atom stereocenters. The van der Waals surface area contributed by atoms with Crippen LogP contribution in [0.2, 0.25) is 0 Å². The van der Waals surface area contributed by atoms with E-state index in [1.165, 1.54) is 35.0 Å². The number of nitrogens with zero attached hydrogens (tertiary/aromatic N) is 1. The van der Waals surface area contributed by atoms with Crippen molar-refractivity contribution in [3.05, 3.63) is 65.5 Å². The molecule has 0 N–H and O–H groups in total. The van der Waals surface area contributed by atoms with Gasteiger partial charge in [0.2, 0.25) is 5.91 Å². The molecule has 4 rings (SSSR count). The van der Waals surface area contributed by atoms with Gasteiger partial charge in [-0.25, -0.2) is 4.39 Å². The first-order valence-electron chi connectivity index (χ1n) is 9.00. The Hall–Kier alpha value is -1.81. The first kappa shape index (κ1) is 16.6. The Morgan fingerprint density at radius 2 is 1.84 bits per heavy atom. The fourth-order valence-electron chi connectivity index (χ4n) is 3.75. The fraction of sp³-hybridized carbons (Fsp3) is 0.381. The van der Waals surface area contributed by atoms with Gasteiger partial charge in [0.1, 0.15) is 5.82 Å². The number of carbonyl (C=O) groups is 1. The van der Waals surface area contributed by atoms with Gasteiger partial charge in [0, 0.05) is 10.9 Å². The molecule has 0 aliphatic heterocycles. The summed E-state index contributed by atoms with van der Waals surface area (Å²) in [7, 11) is 0. The topological polar surface area (TPSA) is 20.3 Å². The zero-order chi connectivity index (χ0) is 17.2. The van der Waals surface area contributed by atoms with E-state index in [1.807, 2.05) is 0 Å². The molecule has 0 unspecified atom stereocenters. The number of hydrogen-bond acceptors (Lipinski definition) is 2. The lowest BCUT2D eigenvalue weighted by atomic mass is 9.86. The number of aryl methyl sites for hydroxylation is 1. The molecular formula is C21H22FNOS. The second-order valence-electron chi connectivity index (χ2n) is 6.88. The van der Waals surface area contributed by atoms with Crippen molar-refractivity contribution in [2.45, 2.75) is 49.1 Å². The van der Waals surface area contributed by atoms with E-state index in [2.05, 4.69) is 29.2 Å². The maximum Gasteiger partial charge on any atom is 0.233 e. The van der Waals surface area contributed by atoms with Crippen molar-refractivity contribution in [1.29, 1.82) is 0 Å². The van der Waals surface area contributed by atoms with Gasteiger partial charge in [0.05, 0.1) is 11.8 Å². The molecule has 0 heterocycles. The quantitative estimate of drug-likeness (QED) is 0.705. The minimum Gasteiger partial charge on any atom is -0.332 e. The van der Waals surface area contributed by atoms with Crippen LogP contribution in [0.25, 0.3) is 0 Å². The summed E-state index contributed by atoms with van der Waals surface area (Å²) < 4.78 is 13.0. The van der Waals surface area contributed by atoms with Crippen molar-refractivity contribution in [2.75, 3.05) is 5.75 Å². The predicted molar refractivity (Wildman–Crippen MR) is 99.1 cm³/mol. The van der Waals surface area contributed by atoms with E-state index in [-0.39, 0.29) is 17.8 Å². The molecular weight excluding hydrogens is 333 g/mol. The van der Waals surface area contributed by atoms with Gasteiger partial charge in [-0.2, -0.15) is 0 Å². The van der Waals surface area contributed by atoms with Crippen LogP contribution in [0.4, 0.5) is 4.39 Å². The Morgan fingerprint density at radius 3 is 2.60 bits per heavy atom. The molecule has 1 amide bonds. The number of halogens is 1. The third kappa shape index (κ3) is 3.74. The SMILES string of the molecule is O=C(CSc1ccc(F)cc1)N(C1CC1)[C@@H]1CCCc2ccccc21. The van der Waals surface area contributed by atoms with Gasteiger partial charge >= 0.3 is 0 Å². The third-order valence-corrected chi connectivity index (χ3v) is 6.07. The summed E-state index contributed by atoms with van der Waals surface area (Å²) >= 11 is 1.50. The molecule has 2 aromatic carbocycles. The van der Waals surface area contributed by atoms with Crippen molar-refractivity contribution in [2.24, 2.45) is 0 Å². The molecule has 2 aromatic rings. The highest BCUT2D eigenvalue weighted by Crippen LogP contribution is 2.41. The van der Waals surface area contributed by atoms with Crippen LogP contribution in [0.3, 0.4) is 0 Å². The average molecular weight is 355 g/mol. The Morgan fingerprint density at radius 1 is 1.08 bits per heavy atom. The zero-order valence-corrected chi connectivity index (χ0v) is 15.0. The Kier molecular flexibility index (Phi) is 4.80.